The van der Waals surface area contributed by atoms with E-state index < -0.39 is 0 Å². The number of likely N-dealkylation sites (tertiary alicyclic amines) is 1. The lowest BCUT2D eigenvalue weighted by atomic mass is 9.90. The number of hydrogen-bond acceptors (Lipinski definition) is 4. The van der Waals surface area contributed by atoms with E-state index in [9.17, 15) is 0 Å². The Bertz CT molecular complexity index is 785. The number of hydrogen-bond donors (Lipinski definition) is 1. The zero-order valence-corrected chi connectivity index (χ0v) is 13.9. The number of rotatable bonds is 4. The predicted molar refractivity (Wildman–Crippen MR) is 92.5 cm³/mol. The quantitative estimate of drug-likeness (QED) is 0.795. The van der Waals surface area contributed by atoms with Crippen molar-refractivity contribution in [1.82, 2.24) is 20.1 Å². The van der Waals surface area contributed by atoms with Gasteiger partial charge in [-0.2, -0.15) is 5.10 Å². The van der Waals surface area contributed by atoms with Crippen LogP contribution >= 0.6 is 0 Å². The second kappa shape index (κ2) is 6.61. The van der Waals surface area contributed by atoms with Crippen LogP contribution in [0, 0.1) is 6.92 Å². The van der Waals surface area contributed by atoms with Crippen LogP contribution < -0.4 is 0 Å². The SMILES string of the molecule is Cc1[nH]ncc1C1CCN(Cc2cnc(-c3ccccc3)o2)CC1. The zero-order valence-electron chi connectivity index (χ0n) is 13.9. The second-order valence-corrected chi connectivity index (χ2v) is 6.50. The molecule has 1 fully saturated rings. The van der Waals surface area contributed by atoms with Gasteiger partial charge >= 0.3 is 0 Å². The summed E-state index contributed by atoms with van der Waals surface area (Å²) >= 11 is 0. The summed E-state index contributed by atoms with van der Waals surface area (Å²) in [5.74, 6) is 2.26. The highest BCUT2D eigenvalue weighted by Gasteiger charge is 2.23. The van der Waals surface area contributed by atoms with Gasteiger partial charge in [-0.3, -0.25) is 10.00 Å². The van der Waals surface area contributed by atoms with Crippen molar-refractivity contribution in [2.24, 2.45) is 0 Å². The number of benzene rings is 1. The monoisotopic (exact) mass is 322 g/mol. The van der Waals surface area contributed by atoms with E-state index in [0.29, 0.717) is 11.8 Å². The van der Waals surface area contributed by atoms with Crippen molar-refractivity contribution < 1.29 is 4.42 Å². The van der Waals surface area contributed by atoms with Gasteiger partial charge < -0.3 is 4.42 Å². The van der Waals surface area contributed by atoms with Crippen molar-refractivity contribution in [2.45, 2.75) is 32.2 Å². The largest absolute Gasteiger partial charge is 0.440 e. The molecule has 0 saturated carbocycles. The van der Waals surface area contributed by atoms with Crippen LogP contribution in [0.25, 0.3) is 11.5 Å². The predicted octanol–water partition coefficient (Wildman–Crippen LogP) is 3.75. The minimum absolute atomic E-state index is 0.620. The van der Waals surface area contributed by atoms with Crippen molar-refractivity contribution in [3.05, 3.63) is 59.7 Å². The van der Waals surface area contributed by atoms with E-state index in [1.807, 2.05) is 42.7 Å². The average molecular weight is 322 g/mol. The van der Waals surface area contributed by atoms with Gasteiger partial charge in [0.15, 0.2) is 0 Å². The van der Waals surface area contributed by atoms with Gasteiger partial charge in [-0.15, -0.1) is 0 Å². The topological polar surface area (TPSA) is 58.0 Å². The summed E-state index contributed by atoms with van der Waals surface area (Å²) in [6, 6.07) is 10.0. The number of nitrogens with one attached hydrogen (secondary N) is 1. The van der Waals surface area contributed by atoms with Gasteiger partial charge in [-0.25, -0.2) is 4.98 Å². The van der Waals surface area contributed by atoms with Gasteiger partial charge in [0.1, 0.15) is 5.76 Å². The molecule has 1 saturated heterocycles. The van der Waals surface area contributed by atoms with Crippen LogP contribution in [0.4, 0.5) is 0 Å². The highest BCUT2D eigenvalue weighted by atomic mass is 16.4. The Morgan fingerprint density at radius 1 is 1.17 bits per heavy atom. The molecule has 1 aliphatic rings. The van der Waals surface area contributed by atoms with Crippen molar-refractivity contribution in [3.63, 3.8) is 0 Å². The number of H-pyrrole nitrogens is 1. The smallest absolute Gasteiger partial charge is 0.226 e. The first-order valence-corrected chi connectivity index (χ1v) is 8.52. The van der Waals surface area contributed by atoms with Gasteiger partial charge in [-0.1, -0.05) is 18.2 Å². The van der Waals surface area contributed by atoms with E-state index in [2.05, 4.69) is 27.0 Å². The maximum absolute atomic E-state index is 5.92. The molecule has 24 heavy (non-hydrogen) atoms. The van der Waals surface area contributed by atoms with Crippen LogP contribution in [-0.4, -0.2) is 33.2 Å². The molecule has 1 N–H and O–H groups in total. The highest BCUT2D eigenvalue weighted by Crippen LogP contribution is 2.30. The molecule has 2 aromatic heterocycles. The zero-order chi connectivity index (χ0) is 16.4. The molecule has 5 nitrogen and oxygen atoms in total. The van der Waals surface area contributed by atoms with Crippen molar-refractivity contribution in [3.8, 4) is 11.5 Å². The summed E-state index contributed by atoms with van der Waals surface area (Å²) in [5, 5.41) is 7.20. The Morgan fingerprint density at radius 3 is 2.67 bits per heavy atom. The Hall–Kier alpha value is -2.40. The lowest BCUT2D eigenvalue weighted by Crippen LogP contribution is -2.32. The van der Waals surface area contributed by atoms with Gasteiger partial charge in [0.25, 0.3) is 0 Å². The van der Waals surface area contributed by atoms with Gasteiger partial charge in [0.2, 0.25) is 5.89 Å². The number of aromatic nitrogens is 3. The van der Waals surface area contributed by atoms with E-state index in [4.69, 9.17) is 4.42 Å². The summed E-state index contributed by atoms with van der Waals surface area (Å²) in [6.07, 6.45) is 6.17. The first-order chi connectivity index (χ1) is 11.8. The minimum atomic E-state index is 0.620. The van der Waals surface area contributed by atoms with E-state index in [0.717, 1.165) is 31.0 Å². The molecule has 1 aliphatic heterocycles. The van der Waals surface area contributed by atoms with Gasteiger partial charge in [0.05, 0.1) is 18.9 Å². The maximum Gasteiger partial charge on any atom is 0.226 e. The molecular weight excluding hydrogens is 300 g/mol. The fourth-order valence-corrected chi connectivity index (χ4v) is 3.49. The van der Waals surface area contributed by atoms with Crippen LogP contribution in [0.2, 0.25) is 0 Å². The maximum atomic E-state index is 5.92. The van der Waals surface area contributed by atoms with Crippen molar-refractivity contribution in [2.75, 3.05) is 13.1 Å². The van der Waals surface area contributed by atoms with E-state index in [-0.39, 0.29) is 0 Å². The van der Waals surface area contributed by atoms with E-state index in [1.54, 1.807) is 0 Å². The number of piperidine rings is 1. The molecule has 0 aliphatic carbocycles. The first-order valence-electron chi connectivity index (χ1n) is 8.52. The lowest BCUT2D eigenvalue weighted by molar-refractivity contribution is 0.191. The molecule has 124 valence electrons. The Balaban J connectivity index is 1.36. The number of nitrogens with zero attached hydrogens (tertiary/aromatic N) is 3. The minimum Gasteiger partial charge on any atom is -0.440 e. The molecule has 0 amide bonds. The number of aryl methyl sites for hydroxylation is 1. The molecule has 1 aromatic carbocycles. The van der Waals surface area contributed by atoms with Crippen LogP contribution in [0.5, 0.6) is 0 Å². The standard InChI is InChI=1S/C19H22N4O/c1-14-18(12-21-22-14)15-7-9-23(10-8-15)13-17-11-20-19(24-17)16-5-3-2-4-6-16/h2-6,11-12,15H,7-10,13H2,1H3,(H,21,22). The normalized spacial score (nSPS) is 16.5. The molecule has 0 spiro atoms. The van der Waals surface area contributed by atoms with Gasteiger partial charge in [0, 0.05) is 11.3 Å². The molecule has 4 rings (SSSR count). The summed E-state index contributed by atoms with van der Waals surface area (Å²) in [5.41, 5.74) is 3.61. The third-order valence-electron chi connectivity index (χ3n) is 4.85. The van der Waals surface area contributed by atoms with Crippen LogP contribution in [0.15, 0.2) is 47.1 Å². The third kappa shape index (κ3) is 3.12. The summed E-state index contributed by atoms with van der Waals surface area (Å²) in [4.78, 5) is 6.86. The molecule has 5 heteroatoms. The number of oxazole rings is 1. The number of aromatic amines is 1. The van der Waals surface area contributed by atoms with Crippen molar-refractivity contribution >= 4 is 0 Å². The molecule has 0 bridgehead atoms. The van der Waals surface area contributed by atoms with Crippen LogP contribution in [0.1, 0.15) is 35.8 Å². The van der Waals surface area contributed by atoms with Crippen LogP contribution in [0.3, 0.4) is 0 Å². The first kappa shape index (κ1) is 15.1. The summed E-state index contributed by atoms with van der Waals surface area (Å²) in [7, 11) is 0. The van der Waals surface area contributed by atoms with E-state index in [1.165, 1.54) is 24.1 Å². The Kier molecular flexibility index (Phi) is 4.17. The lowest BCUT2D eigenvalue weighted by Gasteiger charge is -2.31. The highest BCUT2D eigenvalue weighted by molar-refractivity contribution is 5.52. The third-order valence-corrected chi connectivity index (χ3v) is 4.85. The fourth-order valence-electron chi connectivity index (χ4n) is 3.49. The second-order valence-electron chi connectivity index (χ2n) is 6.50. The molecule has 0 radical (unpaired) electrons. The molecule has 0 atom stereocenters. The molecule has 3 aromatic rings. The Labute approximate surface area is 141 Å². The van der Waals surface area contributed by atoms with Crippen molar-refractivity contribution in [1.29, 1.82) is 0 Å². The molecular formula is C19H22N4O. The summed E-state index contributed by atoms with van der Waals surface area (Å²) in [6.45, 7) is 5.10. The van der Waals surface area contributed by atoms with Gasteiger partial charge in [-0.05, 0) is 56.5 Å². The molecule has 3 heterocycles. The fraction of sp³-hybridized carbons (Fsp3) is 0.368. The van der Waals surface area contributed by atoms with Crippen LogP contribution in [-0.2, 0) is 6.54 Å². The van der Waals surface area contributed by atoms with E-state index >= 15 is 0 Å². The molecule has 0 unspecified atom stereocenters. The average Bonchev–Trinajstić information content (AvgIpc) is 3.26. The summed E-state index contributed by atoms with van der Waals surface area (Å²) < 4.78 is 5.92. The Morgan fingerprint density at radius 2 is 1.96 bits per heavy atom.